The average molecular weight is 106 g/mol. The van der Waals surface area contributed by atoms with Crippen LogP contribution < -0.4 is 10.6 Å². The molecule has 0 radical (unpaired) electrons. The van der Waals surface area contributed by atoms with Crippen LogP contribution in [0.15, 0.2) is 0 Å². The van der Waals surface area contributed by atoms with Crippen LogP contribution in [0.4, 0.5) is 0 Å². The van der Waals surface area contributed by atoms with Gasteiger partial charge in [0.15, 0.2) is 8.45 Å². The molecule has 0 aromatic carbocycles. The predicted molar refractivity (Wildman–Crippen MR) is 25.1 cm³/mol. The van der Waals surface area contributed by atoms with Crippen LogP contribution in [0.2, 0.25) is 0 Å². The molecular weight excluding hydrogens is 99.0 g/mol. The van der Waals surface area contributed by atoms with E-state index in [-0.39, 0.29) is 0 Å². The Balaban J connectivity index is 2.18. The molecule has 3 nitrogen and oxygen atoms in total. The summed E-state index contributed by atoms with van der Waals surface area (Å²) in [5, 5.41) is 2.94. The number of hydrogen-bond acceptors (Lipinski definition) is 3. The summed E-state index contributed by atoms with van der Waals surface area (Å²) in [7, 11) is -0.715. The first-order valence-corrected chi connectivity index (χ1v) is 3.14. The van der Waals surface area contributed by atoms with E-state index in [1.165, 1.54) is 0 Å². The van der Waals surface area contributed by atoms with Gasteiger partial charge in [-0.2, -0.15) is 0 Å². The maximum absolute atomic E-state index is 5.27. The standard InChI is InChI=1S/C2H7N2OP/c3-6-4-1-2-5-6/h4H,1-3H2. The molecule has 1 atom stereocenters. The predicted octanol–water partition coefficient (Wildman–Crippen LogP) is -0.208. The Hall–Kier alpha value is 0.310. The van der Waals surface area contributed by atoms with Gasteiger partial charge in [0, 0.05) is 6.54 Å². The van der Waals surface area contributed by atoms with Gasteiger partial charge in [0.1, 0.15) is 0 Å². The molecule has 4 heteroatoms. The number of rotatable bonds is 0. The first-order chi connectivity index (χ1) is 2.89. The third-order valence-corrected chi connectivity index (χ3v) is 1.60. The highest BCUT2D eigenvalue weighted by Crippen LogP contribution is 2.23. The molecule has 1 rings (SSSR count). The lowest BCUT2D eigenvalue weighted by atomic mass is 10.8. The van der Waals surface area contributed by atoms with E-state index in [1.807, 2.05) is 0 Å². The van der Waals surface area contributed by atoms with Gasteiger partial charge in [-0.3, -0.25) is 10.6 Å². The van der Waals surface area contributed by atoms with E-state index in [1.54, 1.807) is 0 Å². The van der Waals surface area contributed by atoms with Crippen LogP contribution in [0, 0.1) is 0 Å². The van der Waals surface area contributed by atoms with Crippen LogP contribution in [0.25, 0.3) is 0 Å². The minimum atomic E-state index is -0.715. The summed E-state index contributed by atoms with van der Waals surface area (Å²) >= 11 is 0. The molecule has 1 heterocycles. The molecule has 0 aromatic rings. The lowest BCUT2D eigenvalue weighted by molar-refractivity contribution is 0.398. The second kappa shape index (κ2) is 1.85. The molecule has 36 valence electrons. The zero-order valence-corrected chi connectivity index (χ0v) is 4.24. The van der Waals surface area contributed by atoms with Crippen LogP contribution in [0.3, 0.4) is 0 Å². The van der Waals surface area contributed by atoms with Crippen LogP contribution in [-0.2, 0) is 4.52 Å². The van der Waals surface area contributed by atoms with Crippen molar-refractivity contribution in [3.63, 3.8) is 0 Å². The quantitative estimate of drug-likeness (QED) is 0.420. The topological polar surface area (TPSA) is 47.3 Å². The van der Waals surface area contributed by atoms with E-state index in [2.05, 4.69) is 5.09 Å². The molecule has 0 aromatic heterocycles. The number of hydrogen-bond donors (Lipinski definition) is 2. The molecule has 0 saturated carbocycles. The maximum Gasteiger partial charge on any atom is 0.179 e. The molecular formula is C2H7N2OP. The molecule has 1 aliphatic heterocycles. The smallest absolute Gasteiger partial charge is 0.179 e. The monoisotopic (exact) mass is 106 g/mol. The zero-order valence-electron chi connectivity index (χ0n) is 3.35. The molecule has 0 bridgehead atoms. The lowest BCUT2D eigenvalue weighted by Crippen LogP contribution is -2.03. The third kappa shape index (κ3) is 0.884. The second-order valence-electron chi connectivity index (χ2n) is 1.07. The van der Waals surface area contributed by atoms with E-state index in [4.69, 9.17) is 10.0 Å². The number of nitrogens with two attached hydrogens (primary N) is 1. The minimum absolute atomic E-state index is 0.715. The van der Waals surface area contributed by atoms with Gasteiger partial charge in [0.05, 0.1) is 6.61 Å². The lowest BCUT2D eigenvalue weighted by Gasteiger charge is -1.94. The van der Waals surface area contributed by atoms with Crippen molar-refractivity contribution in [1.29, 1.82) is 0 Å². The minimum Gasteiger partial charge on any atom is -0.330 e. The van der Waals surface area contributed by atoms with E-state index >= 15 is 0 Å². The fourth-order valence-corrected chi connectivity index (χ4v) is 1.04. The highest BCUT2D eigenvalue weighted by Gasteiger charge is 2.07. The summed E-state index contributed by atoms with van der Waals surface area (Å²) in [6, 6.07) is 0. The Morgan fingerprint density at radius 1 is 1.83 bits per heavy atom. The molecule has 6 heavy (non-hydrogen) atoms. The van der Waals surface area contributed by atoms with Crippen LogP contribution in [-0.4, -0.2) is 13.2 Å². The normalized spacial score (nSPS) is 34.5. The second-order valence-corrected chi connectivity index (χ2v) is 2.29. The SMILES string of the molecule is NP1NCCO1. The summed E-state index contributed by atoms with van der Waals surface area (Å²) in [5.41, 5.74) is 5.27. The molecule has 1 saturated heterocycles. The van der Waals surface area contributed by atoms with E-state index in [9.17, 15) is 0 Å². The van der Waals surface area contributed by atoms with Crippen LogP contribution in [0.1, 0.15) is 0 Å². The summed E-state index contributed by atoms with van der Waals surface area (Å²) in [6.45, 7) is 1.70. The van der Waals surface area contributed by atoms with Crippen molar-refractivity contribution in [1.82, 2.24) is 5.09 Å². The van der Waals surface area contributed by atoms with E-state index in [0.29, 0.717) is 0 Å². The molecule has 0 amide bonds. The first kappa shape index (κ1) is 4.47. The van der Waals surface area contributed by atoms with Gasteiger partial charge in [0.25, 0.3) is 0 Å². The zero-order chi connectivity index (χ0) is 4.41. The van der Waals surface area contributed by atoms with Crippen molar-refractivity contribution >= 4 is 8.45 Å². The molecule has 1 aliphatic rings. The van der Waals surface area contributed by atoms with Crippen molar-refractivity contribution < 1.29 is 4.52 Å². The summed E-state index contributed by atoms with van der Waals surface area (Å²) in [6.07, 6.45) is 0. The van der Waals surface area contributed by atoms with Gasteiger partial charge < -0.3 is 4.52 Å². The molecule has 1 unspecified atom stereocenters. The van der Waals surface area contributed by atoms with Crippen molar-refractivity contribution in [2.45, 2.75) is 0 Å². The average Bonchev–Trinajstić information content (AvgIpc) is 1.86. The van der Waals surface area contributed by atoms with E-state index in [0.717, 1.165) is 13.2 Å². The molecule has 1 fully saturated rings. The van der Waals surface area contributed by atoms with Crippen molar-refractivity contribution in [2.24, 2.45) is 5.50 Å². The molecule has 3 N–H and O–H groups in total. The number of nitrogens with one attached hydrogen (secondary N) is 1. The Morgan fingerprint density at radius 2 is 2.67 bits per heavy atom. The van der Waals surface area contributed by atoms with Crippen LogP contribution in [0.5, 0.6) is 0 Å². The summed E-state index contributed by atoms with van der Waals surface area (Å²) < 4.78 is 4.88. The van der Waals surface area contributed by atoms with Crippen molar-refractivity contribution in [2.75, 3.05) is 13.2 Å². The Kier molecular flexibility index (Phi) is 1.37. The Labute approximate surface area is 37.8 Å². The molecule has 0 spiro atoms. The van der Waals surface area contributed by atoms with Gasteiger partial charge >= 0.3 is 0 Å². The Bertz CT molecular complexity index is 44.8. The highest BCUT2D eigenvalue weighted by molar-refractivity contribution is 7.47. The van der Waals surface area contributed by atoms with Gasteiger partial charge in [-0.05, 0) is 0 Å². The first-order valence-electron chi connectivity index (χ1n) is 1.81. The van der Waals surface area contributed by atoms with Gasteiger partial charge in [0.2, 0.25) is 0 Å². The largest absolute Gasteiger partial charge is 0.330 e. The fourth-order valence-electron chi connectivity index (χ4n) is 0.345. The third-order valence-electron chi connectivity index (χ3n) is 0.600. The Morgan fingerprint density at radius 3 is 2.83 bits per heavy atom. The highest BCUT2D eigenvalue weighted by atomic mass is 31.2. The fraction of sp³-hybridized carbons (Fsp3) is 1.00. The van der Waals surface area contributed by atoms with Crippen molar-refractivity contribution in [3.8, 4) is 0 Å². The van der Waals surface area contributed by atoms with Crippen molar-refractivity contribution in [3.05, 3.63) is 0 Å². The molecule has 0 aliphatic carbocycles. The van der Waals surface area contributed by atoms with Crippen LogP contribution >= 0.6 is 8.45 Å². The van der Waals surface area contributed by atoms with E-state index < -0.39 is 8.45 Å². The van der Waals surface area contributed by atoms with Gasteiger partial charge in [-0.15, -0.1) is 0 Å². The van der Waals surface area contributed by atoms with Gasteiger partial charge in [-0.25, -0.2) is 0 Å². The summed E-state index contributed by atoms with van der Waals surface area (Å²) in [5.74, 6) is 0. The van der Waals surface area contributed by atoms with Gasteiger partial charge in [-0.1, -0.05) is 0 Å². The maximum atomic E-state index is 5.27. The summed E-state index contributed by atoms with van der Waals surface area (Å²) in [4.78, 5) is 0.